The van der Waals surface area contributed by atoms with Gasteiger partial charge in [-0.25, -0.2) is 5.43 Å². The molecular formula is C21H24BrN3O3. The first-order chi connectivity index (χ1) is 13.6. The van der Waals surface area contributed by atoms with E-state index in [1.54, 1.807) is 19.4 Å². The second-order valence-electron chi connectivity index (χ2n) is 6.11. The van der Waals surface area contributed by atoms with Crippen LogP contribution in [-0.4, -0.2) is 31.7 Å². The number of hydrazone groups is 1. The summed E-state index contributed by atoms with van der Waals surface area (Å²) >= 11 is 3.37. The van der Waals surface area contributed by atoms with E-state index in [0.29, 0.717) is 18.5 Å². The minimum absolute atomic E-state index is 0.0990. The van der Waals surface area contributed by atoms with Gasteiger partial charge in [0.25, 0.3) is 5.91 Å². The number of amides is 2. The molecule has 0 heterocycles. The molecule has 6 nitrogen and oxygen atoms in total. The fourth-order valence-corrected chi connectivity index (χ4v) is 2.92. The smallest absolute Gasteiger partial charge is 0.252 e. The van der Waals surface area contributed by atoms with Crippen molar-refractivity contribution in [1.82, 2.24) is 10.7 Å². The van der Waals surface area contributed by atoms with Crippen LogP contribution in [0.1, 0.15) is 41.6 Å². The normalized spacial score (nSPS) is 10.6. The summed E-state index contributed by atoms with van der Waals surface area (Å²) in [5.41, 5.74) is 4.02. The van der Waals surface area contributed by atoms with Gasteiger partial charge in [-0.05, 0) is 70.7 Å². The van der Waals surface area contributed by atoms with Crippen LogP contribution < -0.4 is 15.5 Å². The van der Waals surface area contributed by atoms with E-state index in [0.717, 1.165) is 35.0 Å². The first kappa shape index (κ1) is 21.6. The molecule has 2 amide bonds. The largest absolute Gasteiger partial charge is 0.497 e. The van der Waals surface area contributed by atoms with Crippen LogP contribution in [0.5, 0.6) is 5.75 Å². The third-order valence-electron chi connectivity index (χ3n) is 4.00. The SMILES string of the molecule is COc1ccc(C=NNC(=O)CCCCCNC(=O)c2ccccc2Br)cc1. The Kier molecular flexibility index (Phi) is 9.21. The lowest BCUT2D eigenvalue weighted by atomic mass is 10.2. The van der Waals surface area contributed by atoms with Gasteiger partial charge in [-0.2, -0.15) is 5.10 Å². The topological polar surface area (TPSA) is 79.8 Å². The fourth-order valence-electron chi connectivity index (χ4n) is 2.45. The highest BCUT2D eigenvalue weighted by Crippen LogP contribution is 2.15. The molecule has 0 spiro atoms. The van der Waals surface area contributed by atoms with E-state index < -0.39 is 0 Å². The summed E-state index contributed by atoms with van der Waals surface area (Å²) in [6.07, 6.45) is 4.41. The van der Waals surface area contributed by atoms with Crippen LogP contribution in [0.4, 0.5) is 0 Å². The van der Waals surface area contributed by atoms with Crippen LogP contribution in [-0.2, 0) is 4.79 Å². The van der Waals surface area contributed by atoms with Crippen LogP contribution >= 0.6 is 15.9 Å². The monoisotopic (exact) mass is 445 g/mol. The van der Waals surface area contributed by atoms with Gasteiger partial charge in [0.15, 0.2) is 0 Å². The van der Waals surface area contributed by atoms with Crippen molar-refractivity contribution in [2.45, 2.75) is 25.7 Å². The maximum Gasteiger partial charge on any atom is 0.252 e. The van der Waals surface area contributed by atoms with Crippen molar-refractivity contribution in [3.63, 3.8) is 0 Å². The summed E-state index contributed by atoms with van der Waals surface area (Å²) in [5.74, 6) is 0.550. The van der Waals surface area contributed by atoms with Crippen LogP contribution in [0.2, 0.25) is 0 Å². The molecule has 0 saturated carbocycles. The molecule has 0 fully saturated rings. The molecular weight excluding hydrogens is 422 g/mol. The van der Waals surface area contributed by atoms with Crippen LogP contribution in [0.15, 0.2) is 58.1 Å². The maximum absolute atomic E-state index is 12.0. The van der Waals surface area contributed by atoms with Gasteiger partial charge >= 0.3 is 0 Å². The second-order valence-corrected chi connectivity index (χ2v) is 6.97. The van der Waals surface area contributed by atoms with E-state index in [2.05, 4.69) is 31.8 Å². The van der Waals surface area contributed by atoms with E-state index in [1.807, 2.05) is 42.5 Å². The van der Waals surface area contributed by atoms with Gasteiger partial charge in [0.2, 0.25) is 5.91 Å². The highest BCUT2D eigenvalue weighted by molar-refractivity contribution is 9.10. The third-order valence-corrected chi connectivity index (χ3v) is 4.69. The summed E-state index contributed by atoms with van der Waals surface area (Å²) in [5, 5.41) is 6.84. The molecule has 0 atom stereocenters. The lowest BCUT2D eigenvalue weighted by Crippen LogP contribution is -2.24. The van der Waals surface area contributed by atoms with E-state index in [9.17, 15) is 9.59 Å². The molecule has 2 N–H and O–H groups in total. The summed E-state index contributed by atoms with van der Waals surface area (Å²) < 4.78 is 5.86. The lowest BCUT2D eigenvalue weighted by Gasteiger charge is -2.06. The minimum atomic E-state index is -0.123. The van der Waals surface area contributed by atoms with Gasteiger partial charge in [0, 0.05) is 17.4 Å². The molecule has 2 aromatic rings. The van der Waals surface area contributed by atoms with Crippen molar-refractivity contribution in [1.29, 1.82) is 0 Å². The molecule has 0 aromatic heterocycles. The van der Waals surface area contributed by atoms with Crippen LogP contribution in [0.25, 0.3) is 0 Å². The summed E-state index contributed by atoms with van der Waals surface area (Å²) in [6, 6.07) is 14.7. The molecule has 148 valence electrons. The number of halogens is 1. The molecule has 28 heavy (non-hydrogen) atoms. The average Bonchev–Trinajstić information content (AvgIpc) is 2.71. The maximum atomic E-state index is 12.0. The van der Waals surface area contributed by atoms with Crippen molar-refractivity contribution in [2.24, 2.45) is 5.10 Å². The van der Waals surface area contributed by atoms with Crippen molar-refractivity contribution >= 4 is 34.0 Å². The molecule has 0 aliphatic rings. The number of hydrogen-bond donors (Lipinski definition) is 2. The zero-order chi connectivity index (χ0) is 20.2. The number of ether oxygens (including phenoxy) is 1. The highest BCUT2D eigenvalue weighted by Gasteiger charge is 2.08. The number of nitrogens with one attached hydrogen (secondary N) is 2. The van der Waals surface area contributed by atoms with E-state index >= 15 is 0 Å². The Labute approximate surface area is 173 Å². The van der Waals surface area contributed by atoms with Gasteiger partial charge in [-0.1, -0.05) is 18.6 Å². The Bertz CT molecular complexity index is 807. The Balaban J connectivity index is 1.56. The van der Waals surface area contributed by atoms with Crippen molar-refractivity contribution in [3.8, 4) is 5.75 Å². The Hall–Kier alpha value is -2.67. The van der Waals surface area contributed by atoms with Crippen molar-refractivity contribution in [3.05, 3.63) is 64.1 Å². The van der Waals surface area contributed by atoms with Gasteiger partial charge < -0.3 is 10.1 Å². The van der Waals surface area contributed by atoms with Crippen LogP contribution in [0, 0.1) is 0 Å². The summed E-state index contributed by atoms with van der Waals surface area (Å²) in [6.45, 7) is 0.581. The molecule has 0 aliphatic carbocycles. The van der Waals surface area contributed by atoms with Crippen LogP contribution in [0.3, 0.4) is 0 Å². The number of hydrogen-bond acceptors (Lipinski definition) is 4. The number of nitrogens with zero attached hydrogens (tertiary/aromatic N) is 1. The first-order valence-electron chi connectivity index (χ1n) is 9.09. The molecule has 0 saturated heterocycles. The van der Waals surface area contributed by atoms with Gasteiger partial charge in [-0.3, -0.25) is 9.59 Å². The second kappa shape index (κ2) is 11.9. The number of unbranched alkanes of at least 4 members (excludes halogenated alkanes) is 2. The molecule has 0 radical (unpaired) electrons. The highest BCUT2D eigenvalue weighted by atomic mass is 79.9. The van der Waals surface area contributed by atoms with E-state index in [4.69, 9.17) is 4.74 Å². The summed E-state index contributed by atoms with van der Waals surface area (Å²) in [4.78, 5) is 23.8. The predicted molar refractivity (Wildman–Crippen MR) is 114 cm³/mol. The van der Waals surface area contributed by atoms with Gasteiger partial charge in [0.05, 0.1) is 18.9 Å². The number of benzene rings is 2. The van der Waals surface area contributed by atoms with Gasteiger partial charge in [0.1, 0.15) is 5.75 Å². The predicted octanol–water partition coefficient (Wildman–Crippen LogP) is 3.90. The Morgan fingerprint density at radius 3 is 2.54 bits per heavy atom. The number of carbonyl (C=O) groups is 2. The standard InChI is InChI=1S/C21H24BrN3O3/c1-28-17-12-10-16(11-13-17)15-24-25-20(26)9-3-2-6-14-23-21(27)18-7-4-5-8-19(18)22/h4-5,7-8,10-13,15H,2-3,6,9,14H2,1H3,(H,23,27)(H,25,26). The number of methoxy groups -OCH3 is 1. The summed E-state index contributed by atoms with van der Waals surface area (Å²) in [7, 11) is 1.61. The zero-order valence-corrected chi connectivity index (χ0v) is 17.4. The molecule has 0 aliphatic heterocycles. The third kappa shape index (κ3) is 7.52. The molecule has 2 rings (SSSR count). The van der Waals surface area contributed by atoms with Gasteiger partial charge in [-0.15, -0.1) is 0 Å². The van der Waals surface area contributed by atoms with E-state index in [1.165, 1.54) is 0 Å². The first-order valence-corrected chi connectivity index (χ1v) is 9.88. The lowest BCUT2D eigenvalue weighted by molar-refractivity contribution is -0.121. The minimum Gasteiger partial charge on any atom is -0.497 e. The molecule has 0 unspecified atom stereocenters. The molecule has 0 bridgehead atoms. The molecule has 2 aromatic carbocycles. The Morgan fingerprint density at radius 1 is 1.07 bits per heavy atom. The quantitative estimate of drug-likeness (QED) is 0.330. The van der Waals surface area contributed by atoms with Crippen molar-refractivity contribution in [2.75, 3.05) is 13.7 Å². The van der Waals surface area contributed by atoms with E-state index in [-0.39, 0.29) is 11.8 Å². The number of rotatable bonds is 10. The number of carbonyl (C=O) groups excluding carboxylic acids is 2. The Morgan fingerprint density at radius 2 is 1.82 bits per heavy atom. The average molecular weight is 446 g/mol. The van der Waals surface area contributed by atoms with Crippen molar-refractivity contribution < 1.29 is 14.3 Å². The zero-order valence-electron chi connectivity index (χ0n) is 15.8. The molecule has 7 heteroatoms. The fraction of sp³-hybridized carbons (Fsp3) is 0.286.